The maximum Gasteiger partial charge on any atom is 0.242 e. The van der Waals surface area contributed by atoms with Crippen LogP contribution in [0.5, 0.6) is 0 Å². The fourth-order valence-corrected chi connectivity index (χ4v) is 4.15. The Morgan fingerprint density at radius 1 is 1.07 bits per heavy atom. The predicted octanol–water partition coefficient (Wildman–Crippen LogP) is 3.11. The molecular formula is C21H23Cl2N5O2. The molecule has 2 amide bonds. The first-order valence-corrected chi connectivity index (χ1v) is 10.8. The number of anilines is 1. The smallest absolute Gasteiger partial charge is 0.242 e. The topological polar surface area (TPSA) is 69.6 Å². The monoisotopic (exact) mass is 447 g/mol. The number of piperazine rings is 1. The normalized spacial score (nSPS) is 16.5. The zero-order valence-corrected chi connectivity index (χ0v) is 18.2. The summed E-state index contributed by atoms with van der Waals surface area (Å²) in [5, 5.41) is 9.76. The minimum atomic E-state index is -0.0272. The van der Waals surface area contributed by atoms with Crippen molar-refractivity contribution in [1.82, 2.24) is 20.0 Å². The van der Waals surface area contributed by atoms with Gasteiger partial charge in [-0.2, -0.15) is 0 Å². The van der Waals surface area contributed by atoms with Crippen molar-refractivity contribution in [2.75, 3.05) is 37.6 Å². The molecule has 7 nitrogen and oxygen atoms in total. The van der Waals surface area contributed by atoms with Crippen molar-refractivity contribution in [2.45, 2.75) is 25.8 Å². The Balaban J connectivity index is 1.34. The number of halogens is 2. The van der Waals surface area contributed by atoms with Crippen molar-refractivity contribution < 1.29 is 9.59 Å². The average Bonchev–Trinajstić information content (AvgIpc) is 3.57. The van der Waals surface area contributed by atoms with Crippen molar-refractivity contribution in [3.63, 3.8) is 0 Å². The molecule has 9 heteroatoms. The lowest BCUT2D eigenvalue weighted by Gasteiger charge is -2.36. The molecule has 0 spiro atoms. The summed E-state index contributed by atoms with van der Waals surface area (Å²) in [5.41, 5.74) is 1.46. The molecule has 2 heterocycles. The highest BCUT2D eigenvalue weighted by Gasteiger charge is 2.33. The summed E-state index contributed by atoms with van der Waals surface area (Å²) in [5.74, 6) is 0.746. The number of carbonyl (C=O) groups excluding carboxylic acids is 2. The van der Waals surface area contributed by atoms with Crippen LogP contribution in [0.1, 0.15) is 19.8 Å². The minimum Gasteiger partial charge on any atom is -0.352 e. The van der Waals surface area contributed by atoms with E-state index in [4.69, 9.17) is 23.2 Å². The van der Waals surface area contributed by atoms with E-state index < -0.39 is 0 Å². The first kappa shape index (κ1) is 20.9. The van der Waals surface area contributed by atoms with E-state index in [2.05, 4.69) is 15.1 Å². The number of hydrogen-bond acceptors (Lipinski definition) is 5. The quantitative estimate of drug-likeness (QED) is 0.703. The van der Waals surface area contributed by atoms with Crippen LogP contribution in [0.15, 0.2) is 30.3 Å². The lowest BCUT2D eigenvalue weighted by molar-refractivity contribution is -0.140. The number of carbonyl (C=O) groups is 2. The highest BCUT2D eigenvalue weighted by atomic mass is 35.5. The van der Waals surface area contributed by atoms with Crippen LogP contribution in [-0.2, 0) is 9.59 Å². The highest BCUT2D eigenvalue weighted by Crippen LogP contribution is 2.29. The third kappa shape index (κ3) is 4.68. The maximum atomic E-state index is 12.6. The molecule has 1 aromatic heterocycles. The predicted molar refractivity (Wildman–Crippen MR) is 117 cm³/mol. The lowest BCUT2D eigenvalue weighted by atomic mass is 10.1. The Morgan fingerprint density at radius 2 is 1.80 bits per heavy atom. The van der Waals surface area contributed by atoms with Crippen molar-refractivity contribution in [2.24, 2.45) is 0 Å². The van der Waals surface area contributed by atoms with Crippen LogP contribution in [0.4, 0.5) is 5.82 Å². The molecule has 1 aliphatic carbocycles. The third-order valence-corrected chi connectivity index (χ3v) is 6.06. The van der Waals surface area contributed by atoms with Gasteiger partial charge in [-0.15, -0.1) is 10.2 Å². The van der Waals surface area contributed by atoms with E-state index in [1.54, 1.807) is 17.0 Å². The van der Waals surface area contributed by atoms with E-state index in [1.807, 2.05) is 23.1 Å². The summed E-state index contributed by atoms with van der Waals surface area (Å²) in [4.78, 5) is 30.0. The van der Waals surface area contributed by atoms with Crippen LogP contribution in [-0.4, -0.2) is 70.6 Å². The summed E-state index contributed by atoms with van der Waals surface area (Å²) in [6.45, 7) is 4.25. The van der Waals surface area contributed by atoms with Gasteiger partial charge in [-0.1, -0.05) is 23.2 Å². The van der Waals surface area contributed by atoms with Crippen molar-refractivity contribution in [3.05, 3.63) is 40.4 Å². The second-order valence-corrected chi connectivity index (χ2v) is 8.49. The van der Waals surface area contributed by atoms with Gasteiger partial charge in [0, 0.05) is 49.7 Å². The largest absolute Gasteiger partial charge is 0.352 e. The Bertz CT molecular complexity index is 941. The number of aromatic nitrogens is 2. The lowest BCUT2D eigenvalue weighted by Crippen LogP contribution is -2.52. The van der Waals surface area contributed by atoms with Gasteiger partial charge in [-0.3, -0.25) is 9.59 Å². The van der Waals surface area contributed by atoms with Crippen molar-refractivity contribution in [1.29, 1.82) is 0 Å². The van der Waals surface area contributed by atoms with E-state index in [-0.39, 0.29) is 24.4 Å². The molecule has 30 heavy (non-hydrogen) atoms. The van der Waals surface area contributed by atoms with Crippen LogP contribution >= 0.6 is 23.2 Å². The molecule has 4 rings (SSSR count). The van der Waals surface area contributed by atoms with Gasteiger partial charge in [0.1, 0.15) is 0 Å². The zero-order valence-electron chi connectivity index (χ0n) is 16.7. The molecule has 2 fully saturated rings. The van der Waals surface area contributed by atoms with Crippen molar-refractivity contribution >= 4 is 40.8 Å². The molecule has 158 valence electrons. The van der Waals surface area contributed by atoms with Crippen LogP contribution in [0.3, 0.4) is 0 Å². The fourth-order valence-electron chi connectivity index (χ4n) is 3.65. The molecule has 0 unspecified atom stereocenters. The summed E-state index contributed by atoms with van der Waals surface area (Å²) in [6.07, 6.45) is 1.99. The standard InChI is InChI=1S/C21H23Cl2N5O2/c1-14(29)28(16-3-4-16)13-21(30)27-10-8-26(9-11-27)20-7-6-19(24-25-20)17-5-2-15(22)12-18(17)23/h2,5-7,12,16H,3-4,8-11,13H2,1H3. The van der Waals surface area contributed by atoms with E-state index in [9.17, 15) is 9.59 Å². The second-order valence-electron chi connectivity index (χ2n) is 7.65. The van der Waals surface area contributed by atoms with Gasteiger partial charge < -0.3 is 14.7 Å². The molecule has 0 radical (unpaired) electrons. The van der Waals surface area contributed by atoms with Gasteiger partial charge in [0.2, 0.25) is 11.8 Å². The summed E-state index contributed by atoms with van der Waals surface area (Å²) in [7, 11) is 0. The fraction of sp³-hybridized carbons (Fsp3) is 0.429. The number of rotatable bonds is 5. The van der Waals surface area contributed by atoms with Crippen LogP contribution in [0.25, 0.3) is 11.3 Å². The Morgan fingerprint density at radius 3 is 2.37 bits per heavy atom. The molecule has 2 aromatic rings. The Kier molecular flexibility index (Phi) is 6.11. The van der Waals surface area contributed by atoms with Crippen molar-refractivity contribution in [3.8, 4) is 11.3 Å². The first-order valence-electron chi connectivity index (χ1n) is 10.0. The van der Waals surface area contributed by atoms with Gasteiger partial charge in [-0.25, -0.2) is 0 Å². The summed E-state index contributed by atoms with van der Waals surface area (Å²) < 4.78 is 0. The molecular weight excluding hydrogens is 425 g/mol. The van der Waals surface area contributed by atoms with Crippen LogP contribution in [0.2, 0.25) is 10.0 Å². The molecule has 1 saturated heterocycles. The SMILES string of the molecule is CC(=O)N(CC(=O)N1CCN(c2ccc(-c3ccc(Cl)cc3Cl)nn2)CC1)C1CC1. The molecule has 1 aromatic carbocycles. The number of benzene rings is 1. The Hall–Kier alpha value is -2.38. The van der Waals surface area contributed by atoms with Gasteiger partial charge in [0.15, 0.2) is 5.82 Å². The van der Waals surface area contributed by atoms with E-state index in [1.165, 1.54) is 6.92 Å². The molecule has 0 bridgehead atoms. The first-order chi connectivity index (χ1) is 14.4. The van der Waals surface area contributed by atoms with E-state index >= 15 is 0 Å². The molecule has 0 N–H and O–H groups in total. The summed E-state index contributed by atoms with van der Waals surface area (Å²) in [6, 6.07) is 9.32. The maximum absolute atomic E-state index is 12.6. The van der Waals surface area contributed by atoms with E-state index in [0.29, 0.717) is 41.9 Å². The van der Waals surface area contributed by atoms with Crippen LogP contribution in [0, 0.1) is 0 Å². The Labute approximate surface area is 185 Å². The number of hydrogen-bond donors (Lipinski definition) is 0. The molecule has 2 aliphatic rings. The minimum absolute atomic E-state index is 0.00978. The molecule has 1 aliphatic heterocycles. The average molecular weight is 448 g/mol. The molecule has 1 saturated carbocycles. The number of amides is 2. The molecule has 0 atom stereocenters. The van der Waals surface area contributed by atoms with Gasteiger partial charge >= 0.3 is 0 Å². The second kappa shape index (κ2) is 8.78. The van der Waals surface area contributed by atoms with Gasteiger partial charge in [0.05, 0.1) is 17.3 Å². The zero-order chi connectivity index (χ0) is 21.3. The highest BCUT2D eigenvalue weighted by molar-refractivity contribution is 6.36. The third-order valence-electron chi connectivity index (χ3n) is 5.51. The number of nitrogens with zero attached hydrogens (tertiary/aromatic N) is 5. The van der Waals surface area contributed by atoms with Gasteiger partial charge in [-0.05, 0) is 43.2 Å². The van der Waals surface area contributed by atoms with Gasteiger partial charge in [0.25, 0.3) is 0 Å². The van der Waals surface area contributed by atoms with Crippen LogP contribution < -0.4 is 4.90 Å². The summed E-state index contributed by atoms with van der Waals surface area (Å²) >= 11 is 12.2. The van der Waals surface area contributed by atoms with E-state index in [0.717, 1.165) is 24.2 Å².